The van der Waals surface area contributed by atoms with Gasteiger partial charge in [0.15, 0.2) is 0 Å². The topological polar surface area (TPSA) is 114 Å². The van der Waals surface area contributed by atoms with E-state index in [1.807, 2.05) is 6.07 Å². The third kappa shape index (κ3) is 3.39. The summed E-state index contributed by atoms with van der Waals surface area (Å²) >= 11 is 0. The summed E-state index contributed by atoms with van der Waals surface area (Å²) in [5.74, 6) is 0.130. The molecule has 120 valence electrons. The van der Waals surface area contributed by atoms with Crippen LogP contribution in [0.4, 0.5) is 0 Å². The van der Waals surface area contributed by atoms with E-state index in [9.17, 15) is 8.42 Å². The van der Waals surface area contributed by atoms with Gasteiger partial charge in [-0.25, -0.2) is 13.1 Å². The Morgan fingerprint density at radius 1 is 1.45 bits per heavy atom. The number of nitrogens with zero attached hydrogens (tertiary/aromatic N) is 1. The van der Waals surface area contributed by atoms with Gasteiger partial charge in [0.05, 0.1) is 18.7 Å². The van der Waals surface area contributed by atoms with Crippen LogP contribution in [0.5, 0.6) is 5.75 Å². The largest absolute Gasteiger partial charge is 0.495 e. The number of hydrogen-bond donors (Lipinski definition) is 2. The van der Waals surface area contributed by atoms with Gasteiger partial charge in [-0.3, -0.25) is 0 Å². The number of methoxy groups -OCH3 is 1. The molecule has 1 aromatic rings. The average Bonchev–Trinajstić information content (AvgIpc) is 2.54. The average molecular weight is 325 g/mol. The van der Waals surface area contributed by atoms with Crippen LogP contribution < -0.4 is 15.2 Å². The van der Waals surface area contributed by atoms with Crippen molar-refractivity contribution in [2.45, 2.75) is 23.3 Å². The molecule has 7 nitrogen and oxygen atoms in total. The van der Waals surface area contributed by atoms with Crippen molar-refractivity contribution >= 4 is 10.0 Å². The molecule has 0 unspecified atom stereocenters. The summed E-state index contributed by atoms with van der Waals surface area (Å²) in [5.41, 5.74) is 5.40. The van der Waals surface area contributed by atoms with E-state index in [1.54, 1.807) is 0 Å². The fourth-order valence-electron chi connectivity index (χ4n) is 2.41. The Balaban J connectivity index is 2.36. The number of nitrogens with two attached hydrogens (primary N) is 1. The van der Waals surface area contributed by atoms with E-state index in [1.165, 1.54) is 25.3 Å². The van der Waals surface area contributed by atoms with Crippen LogP contribution in [0.15, 0.2) is 23.1 Å². The maximum atomic E-state index is 12.7. The van der Waals surface area contributed by atoms with Gasteiger partial charge >= 0.3 is 0 Å². The van der Waals surface area contributed by atoms with Crippen LogP contribution in [0.1, 0.15) is 18.4 Å². The van der Waals surface area contributed by atoms with Crippen LogP contribution in [-0.4, -0.2) is 40.8 Å². The predicted octanol–water partition coefficient (Wildman–Crippen LogP) is 0.353. The van der Waals surface area contributed by atoms with Gasteiger partial charge in [0.2, 0.25) is 10.0 Å². The number of rotatable bonds is 5. The Labute approximate surface area is 130 Å². The zero-order valence-electron chi connectivity index (χ0n) is 12.3. The van der Waals surface area contributed by atoms with E-state index >= 15 is 0 Å². The molecule has 1 aliphatic heterocycles. The van der Waals surface area contributed by atoms with Crippen molar-refractivity contribution in [2.75, 3.05) is 26.9 Å². The van der Waals surface area contributed by atoms with Gasteiger partial charge in [-0.15, -0.1) is 0 Å². The highest BCUT2D eigenvalue weighted by Gasteiger charge is 2.36. The monoisotopic (exact) mass is 325 g/mol. The molecule has 1 fully saturated rings. The quantitative estimate of drug-likeness (QED) is 0.807. The number of nitriles is 1. The highest BCUT2D eigenvalue weighted by atomic mass is 32.2. The molecule has 1 heterocycles. The van der Waals surface area contributed by atoms with Gasteiger partial charge in [-0.05, 0) is 31.0 Å². The molecule has 3 N–H and O–H groups in total. The van der Waals surface area contributed by atoms with Crippen molar-refractivity contribution in [3.63, 3.8) is 0 Å². The summed E-state index contributed by atoms with van der Waals surface area (Å²) < 4.78 is 38.4. The number of nitrogens with one attached hydrogen (secondary N) is 1. The van der Waals surface area contributed by atoms with E-state index in [-0.39, 0.29) is 17.2 Å². The Morgan fingerprint density at radius 2 is 2.14 bits per heavy atom. The summed E-state index contributed by atoms with van der Waals surface area (Å²) in [7, 11) is -2.45. The molecule has 0 aromatic heterocycles. The maximum absolute atomic E-state index is 12.7. The molecule has 1 aliphatic rings. The first-order valence-corrected chi connectivity index (χ1v) is 8.35. The number of hydrogen-bond acceptors (Lipinski definition) is 6. The Hall–Kier alpha value is -1.66. The fourth-order valence-corrected chi connectivity index (χ4v) is 4.03. The molecule has 1 saturated heterocycles. The highest BCUT2D eigenvalue weighted by molar-refractivity contribution is 7.89. The lowest BCUT2D eigenvalue weighted by molar-refractivity contribution is 0.0502. The van der Waals surface area contributed by atoms with Gasteiger partial charge in [0, 0.05) is 25.3 Å². The second kappa shape index (κ2) is 6.62. The lowest BCUT2D eigenvalue weighted by Gasteiger charge is -2.36. The molecular weight excluding hydrogens is 306 g/mol. The Bertz CT molecular complexity index is 676. The molecule has 0 bridgehead atoms. The van der Waals surface area contributed by atoms with Crippen molar-refractivity contribution in [3.05, 3.63) is 23.8 Å². The lowest BCUT2D eigenvalue weighted by Crippen LogP contribution is -2.56. The van der Waals surface area contributed by atoms with Crippen molar-refractivity contribution in [1.29, 1.82) is 5.26 Å². The van der Waals surface area contributed by atoms with Gasteiger partial charge in [-0.1, -0.05) is 0 Å². The molecule has 22 heavy (non-hydrogen) atoms. The normalized spacial score (nSPS) is 17.7. The molecule has 8 heteroatoms. The van der Waals surface area contributed by atoms with Crippen molar-refractivity contribution in [2.24, 2.45) is 5.73 Å². The molecule has 2 rings (SSSR count). The van der Waals surface area contributed by atoms with Crippen LogP contribution in [-0.2, 0) is 14.8 Å². The minimum absolute atomic E-state index is 0.00619. The second-order valence-corrected chi connectivity index (χ2v) is 6.83. The van der Waals surface area contributed by atoms with Crippen LogP contribution >= 0.6 is 0 Å². The van der Waals surface area contributed by atoms with Crippen molar-refractivity contribution in [1.82, 2.24) is 4.72 Å². The van der Waals surface area contributed by atoms with Gasteiger partial charge in [-0.2, -0.15) is 5.26 Å². The van der Waals surface area contributed by atoms with Crippen LogP contribution in [0.3, 0.4) is 0 Å². The van der Waals surface area contributed by atoms with E-state index in [2.05, 4.69) is 4.72 Å². The van der Waals surface area contributed by atoms with E-state index in [0.717, 1.165) is 0 Å². The lowest BCUT2D eigenvalue weighted by atomic mass is 9.92. The number of ether oxygens (including phenoxy) is 2. The third-order valence-corrected chi connectivity index (χ3v) is 5.39. The predicted molar refractivity (Wildman–Crippen MR) is 79.9 cm³/mol. The molecule has 0 aliphatic carbocycles. The van der Waals surface area contributed by atoms with Gasteiger partial charge < -0.3 is 15.2 Å². The second-order valence-electron chi connectivity index (χ2n) is 5.18. The first-order chi connectivity index (χ1) is 10.5. The maximum Gasteiger partial charge on any atom is 0.244 e. The number of sulfonamides is 1. The van der Waals surface area contributed by atoms with Gasteiger partial charge in [0.1, 0.15) is 10.6 Å². The first-order valence-electron chi connectivity index (χ1n) is 6.86. The Morgan fingerprint density at radius 3 is 2.68 bits per heavy atom. The SMILES string of the molecule is COc1cc(C#N)ccc1S(=O)(=O)NC1(CN)CCOCC1. The fraction of sp³-hybridized carbons (Fsp3) is 0.500. The first kappa shape index (κ1) is 16.7. The molecular formula is C14H19N3O4S. The van der Waals surface area contributed by atoms with Crippen LogP contribution in [0.2, 0.25) is 0 Å². The summed E-state index contributed by atoms with van der Waals surface area (Å²) in [4.78, 5) is -0.00619. The summed E-state index contributed by atoms with van der Waals surface area (Å²) in [5, 5.41) is 8.89. The third-order valence-electron chi connectivity index (χ3n) is 3.77. The van der Waals surface area contributed by atoms with E-state index in [4.69, 9.17) is 20.5 Å². The zero-order valence-corrected chi connectivity index (χ0v) is 13.1. The van der Waals surface area contributed by atoms with Crippen molar-refractivity contribution in [3.8, 4) is 11.8 Å². The summed E-state index contributed by atoms with van der Waals surface area (Å²) in [6.07, 6.45) is 1.03. The molecule has 0 spiro atoms. The molecule has 0 radical (unpaired) electrons. The standard InChI is InChI=1S/C14H19N3O4S/c1-20-12-8-11(9-15)2-3-13(12)22(18,19)17-14(10-16)4-6-21-7-5-14/h2-3,8,17H,4-7,10,16H2,1H3. The van der Waals surface area contributed by atoms with Crippen molar-refractivity contribution < 1.29 is 17.9 Å². The van der Waals surface area contributed by atoms with E-state index < -0.39 is 15.6 Å². The minimum Gasteiger partial charge on any atom is -0.495 e. The summed E-state index contributed by atoms with van der Waals surface area (Å²) in [6.45, 7) is 1.11. The molecule has 0 atom stereocenters. The Kier molecular flexibility index (Phi) is 5.03. The number of benzene rings is 1. The highest BCUT2D eigenvalue weighted by Crippen LogP contribution is 2.28. The van der Waals surface area contributed by atoms with Crippen LogP contribution in [0.25, 0.3) is 0 Å². The smallest absolute Gasteiger partial charge is 0.244 e. The van der Waals surface area contributed by atoms with E-state index in [0.29, 0.717) is 31.6 Å². The minimum atomic E-state index is -3.82. The summed E-state index contributed by atoms with van der Waals surface area (Å²) in [6, 6.07) is 6.15. The molecule has 0 saturated carbocycles. The molecule has 0 amide bonds. The van der Waals surface area contributed by atoms with Gasteiger partial charge in [0.25, 0.3) is 0 Å². The van der Waals surface area contributed by atoms with Crippen LogP contribution in [0, 0.1) is 11.3 Å². The molecule has 1 aromatic carbocycles. The zero-order chi connectivity index (χ0) is 16.2.